The summed E-state index contributed by atoms with van der Waals surface area (Å²) in [4.78, 5) is 6.74. The van der Waals surface area contributed by atoms with E-state index in [0.29, 0.717) is 12.0 Å². The summed E-state index contributed by atoms with van der Waals surface area (Å²) in [5.74, 6) is 1.57. The van der Waals surface area contributed by atoms with Crippen molar-refractivity contribution in [3.8, 4) is 0 Å². The first-order valence-corrected chi connectivity index (χ1v) is 9.30. The molecule has 0 saturated carbocycles. The Kier molecular flexibility index (Phi) is 19.3. The van der Waals surface area contributed by atoms with Crippen LogP contribution in [0.3, 0.4) is 0 Å². The van der Waals surface area contributed by atoms with Gasteiger partial charge in [0.2, 0.25) is 0 Å². The van der Waals surface area contributed by atoms with Crippen molar-refractivity contribution in [3.05, 3.63) is 0 Å². The van der Waals surface area contributed by atoms with Crippen LogP contribution in [0.2, 0.25) is 0 Å². The van der Waals surface area contributed by atoms with Crippen LogP contribution in [-0.2, 0) is 4.74 Å². The van der Waals surface area contributed by atoms with Gasteiger partial charge in [0, 0.05) is 26.2 Å². The molecule has 0 saturated heterocycles. The Bertz CT molecular complexity index is 297. The van der Waals surface area contributed by atoms with Gasteiger partial charge in [-0.1, -0.05) is 27.7 Å². The Morgan fingerprint density at radius 1 is 1.08 bits per heavy atom. The molecule has 1 unspecified atom stereocenters. The molecule has 146 valence electrons. The Morgan fingerprint density at radius 3 is 2.29 bits per heavy atom. The molecule has 0 radical (unpaired) electrons. The lowest BCUT2D eigenvalue weighted by Crippen LogP contribution is -2.43. The molecule has 0 heterocycles. The molecule has 5 nitrogen and oxygen atoms in total. The molecule has 0 aliphatic rings. The molecule has 0 bridgehead atoms. The van der Waals surface area contributed by atoms with Crippen molar-refractivity contribution in [1.29, 1.82) is 0 Å². The summed E-state index contributed by atoms with van der Waals surface area (Å²) < 4.78 is 5.61. The highest BCUT2D eigenvalue weighted by atomic mass is 127. The predicted octanol–water partition coefficient (Wildman–Crippen LogP) is 3.34. The Balaban J connectivity index is 0. The third-order valence-electron chi connectivity index (χ3n) is 3.99. The van der Waals surface area contributed by atoms with E-state index in [1.165, 1.54) is 13.0 Å². The van der Waals surface area contributed by atoms with Gasteiger partial charge in [-0.3, -0.25) is 4.99 Å². The minimum Gasteiger partial charge on any atom is -0.380 e. The van der Waals surface area contributed by atoms with Crippen molar-refractivity contribution < 1.29 is 4.74 Å². The van der Waals surface area contributed by atoms with E-state index in [9.17, 15) is 0 Å². The van der Waals surface area contributed by atoms with Crippen LogP contribution >= 0.6 is 24.0 Å². The fraction of sp³-hybridized carbons (Fsp3) is 0.944. The number of nitrogens with one attached hydrogen (secondary N) is 2. The number of nitrogens with zero attached hydrogens (tertiary/aromatic N) is 2. The van der Waals surface area contributed by atoms with Crippen LogP contribution in [0.25, 0.3) is 0 Å². The van der Waals surface area contributed by atoms with E-state index in [4.69, 9.17) is 4.74 Å². The number of hydrogen-bond donors (Lipinski definition) is 2. The van der Waals surface area contributed by atoms with Gasteiger partial charge < -0.3 is 20.3 Å². The second-order valence-corrected chi connectivity index (χ2v) is 6.51. The third-order valence-corrected chi connectivity index (χ3v) is 3.99. The first-order chi connectivity index (χ1) is 11.0. The van der Waals surface area contributed by atoms with E-state index in [1.807, 2.05) is 7.05 Å². The van der Waals surface area contributed by atoms with Crippen molar-refractivity contribution in [3.63, 3.8) is 0 Å². The average Bonchev–Trinajstić information content (AvgIpc) is 2.53. The third kappa shape index (κ3) is 15.4. The fourth-order valence-electron chi connectivity index (χ4n) is 2.32. The monoisotopic (exact) mass is 456 g/mol. The van der Waals surface area contributed by atoms with E-state index in [2.05, 4.69) is 55.1 Å². The maximum Gasteiger partial charge on any atom is 0.191 e. The zero-order valence-corrected chi connectivity index (χ0v) is 19.1. The van der Waals surface area contributed by atoms with Crippen LogP contribution in [-0.4, -0.2) is 63.3 Å². The summed E-state index contributed by atoms with van der Waals surface area (Å²) in [7, 11) is 1.82. The van der Waals surface area contributed by atoms with Gasteiger partial charge >= 0.3 is 0 Å². The first-order valence-electron chi connectivity index (χ1n) is 9.30. The molecule has 0 fully saturated rings. The van der Waals surface area contributed by atoms with Gasteiger partial charge in [-0.15, -0.1) is 24.0 Å². The lowest BCUT2D eigenvalue weighted by Gasteiger charge is -2.21. The molecule has 2 N–H and O–H groups in total. The molecule has 0 aromatic rings. The number of aliphatic imine (C=N–C) groups is 1. The summed E-state index contributed by atoms with van der Waals surface area (Å²) in [5, 5.41) is 6.76. The summed E-state index contributed by atoms with van der Waals surface area (Å²) in [6, 6.07) is 0.429. The minimum absolute atomic E-state index is 0. The molecule has 0 rings (SSSR count). The maximum atomic E-state index is 5.61. The summed E-state index contributed by atoms with van der Waals surface area (Å²) in [6.07, 6.45) is 3.49. The Hall–Kier alpha value is -0.0800. The molecule has 0 aliphatic heterocycles. The van der Waals surface area contributed by atoms with Crippen molar-refractivity contribution in [2.75, 3.05) is 46.4 Å². The van der Waals surface area contributed by atoms with Crippen molar-refractivity contribution in [2.24, 2.45) is 10.9 Å². The molecular weight excluding hydrogens is 415 g/mol. The van der Waals surface area contributed by atoms with Gasteiger partial charge in [0.05, 0.1) is 6.61 Å². The lowest BCUT2D eigenvalue weighted by atomic mass is 10.1. The summed E-state index contributed by atoms with van der Waals surface area (Å²) in [6.45, 7) is 16.9. The topological polar surface area (TPSA) is 48.9 Å². The van der Waals surface area contributed by atoms with E-state index in [-0.39, 0.29) is 24.0 Å². The quantitative estimate of drug-likeness (QED) is 0.193. The highest BCUT2D eigenvalue weighted by molar-refractivity contribution is 14.0. The second-order valence-electron chi connectivity index (χ2n) is 6.51. The Morgan fingerprint density at radius 2 is 1.75 bits per heavy atom. The van der Waals surface area contributed by atoms with Crippen LogP contribution in [0.4, 0.5) is 0 Å². The van der Waals surface area contributed by atoms with Crippen LogP contribution in [0, 0.1) is 5.92 Å². The number of guanidine groups is 1. The first kappa shape index (κ1) is 26.2. The molecule has 0 spiro atoms. The summed E-state index contributed by atoms with van der Waals surface area (Å²) in [5.41, 5.74) is 0. The van der Waals surface area contributed by atoms with Crippen molar-refractivity contribution in [1.82, 2.24) is 15.5 Å². The fourth-order valence-corrected chi connectivity index (χ4v) is 2.32. The molecule has 24 heavy (non-hydrogen) atoms. The molecular formula is C18H41IN4O. The zero-order valence-electron chi connectivity index (χ0n) is 16.7. The van der Waals surface area contributed by atoms with E-state index >= 15 is 0 Å². The zero-order chi connectivity index (χ0) is 17.5. The minimum atomic E-state index is 0. The number of hydrogen-bond acceptors (Lipinski definition) is 3. The largest absolute Gasteiger partial charge is 0.380 e. The van der Waals surface area contributed by atoms with Crippen molar-refractivity contribution in [2.45, 2.75) is 59.9 Å². The average molecular weight is 456 g/mol. The van der Waals surface area contributed by atoms with E-state index < -0.39 is 0 Å². The van der Waals surface area contributed by atoms with Gasteiger partial charge in [0.15, 0.2) is 5.96 Å². The van der Waals surface area contributed by atoms with E-state index in [0.717, 1.165) is 51.6 Å². The highest BCUT2D eigenvalue weighted by Crippen LogP contribution is 2.00. The standard InChI is InChI=1S/C18H40N4O.HI/c1-7-22(8-2)13-9-10-17(5)21-18(19-6)20-12-15-23-14-11-16(3)4;/h16-17H,7-15H2,1-6H3,(H2,19,20,21);1H. The van der Waals surface area contributed by atoms with Gasteiger partial charge in [0.1, 0.15) is 0 Å². The molecule has 1 atom stereocenters. The normalized spacial score (nSPS) is 13.1. The SMILES string of the molecule is CCN(CC)CCCC(C)NC(=NC)NCCOCCC(C)C.I. The molecule has 6 heteroatoms. The summed E-state index contributed by atoms with van der Waals surface area (Å²) >= 11 is 0. The predicted molar refractivity (Wildman–Crippen MR) is 117 cm³/mol. The Labute approximate surface area is 167 Å². The molecule has 0 aliphatic carbocycles. The van der Waals surface area contributed by atoms with Crippen LogP contribution < -0.4 is 10.6 Å². The molecule has 0 aromatic carbocycles. The molecule has 0 aromatic heterocycles. The van der Waals surface area contributed by atoms with Gasteiger partial charge in [-0.25, -0.2) is 0 Å². The second kappa shape index (κ2) is 17.7. The lowest BCUT2D eigenvalue weighted by molar-refractivity contribution is 0.128. The van der Waals surface area contributed by atoms with Gasteiger partial charge in [-0.2, -0.15) is 0 Å². The van der Waals surface area contributed by atoms with Gasteiger partial charge in [-0.05, 0) is 51.7 Å². The van der Waals surface area contributed by atoms with Gasteiger partial charge in [0.25, 0.3) is 0 Å². The van der Waals surface area contributed by atoms with E-state index in [1.54, 1.807) is 0 Å². The maximum absolute atomic E-state index is 5.61. The van der Waals surface area contributed by atoms with Crippen LogP contribution in [0.1, 0.15) is 53.9 Å². The molecule has 0 amide bonds. The van der Waals surface area contributed by atoms with Crippen LogP contribution in [0.15, 0.2) is 4.99 Å². The van der Waals surface area contributed by atoms with Crippen LogP contribution in [0.5, 0.6) is 0 Å². The van der Waals surface area contributed by atoms with Crippen molar-refractivity contribution >= 4 is 29.9 Å². The number of ether oxygens (including phenoxy) is 1. The highest BCUT2D eigenvalue weighted by Gasteiger charge is 2.06. The smallest absolute Gasteiger partial charge is 0.191 e. The number of rotatable bonds is 13. The number of halogens is 1.